The van der Waals surface area contributed by atoms with Gasteiger partial charge >= 0.3 is 0 Å². The number of nitrogens with one attached hydrogen (secondary N) is 2. The van der Waals surface area contributed by atoms with Gasteiger partial charge in [0.15, 0.2) is 0 Å². The minimum atomic E-state index is -2.87. The maximum absolute atomic E-state index is 12.0. The lowest BCUT2D eigenvalue weighted by molar-refractivity contribution is -0.117. The summed E-state index contributed by atoms with van der Waals surface area (Å²) in [5, 5.41) is 2.86. The summed E-state index contributed by atoms with van der Waals surface area (Å²) in [6, 6.07) is 5.49. The Hall–Kier alpha value is -1.89. The Labute approximate surface area is 122 Å². The quantitative estimate of drug-likeness (QED) is 0.903. The molecule has 0 atom stereocenters. The summed E-state index contributed by atoms with van der Waals surface area (Å²) in [7, 11) is -2.87. The molecule has 0 aliphatic carbocycles. The van der Waals surface area contributed by atoms with Crippen LogP contribution in [-0.4, -0.2) is 35.8 Å². The number of hydrogen-bond donors (Lipinski definition) is 2. The molecule has 1 aromatic carbocycles. The van der Waals surface area contributed by atoms with Crippen LogP contribution in [0, 0.1) is 5.92 Å². The van der Waals surface area contributed by atoms with E-state index in [9.17, 15) is 13.2 Å². The summed E-state index contributed by atoms with van der Waals surface area (Å²) < 4.78 is 22.7. The number of sulfone groups is 1. The van der Waals surface area contributed by atoms with Crippen molar-refractivity contribution < 1.29 is 13.2 Å². The number of aromatic amines is 1. The first kappa shape index (κ1) is 14.1. The fourth-order valence-electron chi connectivity index (χ4n) is 2.63. The van der Waals surface area contributed by atoms with E-state index in [4.69, 9.17) is 0 Å². The Bertz CT molecular complexity index is 753. The minimum Gasteiger partial charge on any atom is -0.345 e. The molecule has 1 amide bonds. The van der Waals surface area contributed by atoms with Gasteiger partial charge in [-0.05, 0) is 37.0 Å². The topological polar surface area (TPSA) is 91.9 Å². The molecule has 0 saturated carbocycles. The Balaban J connectivity index is 1.59. The average Bonchev–Trinajstić information content (AvgIpc) is 2.88. The lowest BCUT2D eigenvalue weighted by Crippen LogP contribution is -2.26. The highest BCUT2D eigenvalue weighted by Gasteiger charge is 2.25. The van der Waals surface area contributed by atoms with Crippen LogP contribution in [0.3, 0.4) is 0 Å². The number of fused-ring (bicyclic) bond motifs is 1. The van der Waals surface area contributed by atoms with Gasteiger partial charge in [-0.15, -0.1) is 0 Å². The zero-order valence-electron chi connectivity index (χ0n) is 11.5. The van der Waals surface area contributed by atoms with E-state index >= 15 is 0 Å². The molecule has 1 fully saturated rings. The van der Waals surface area contributed by atoms with Gasteiger partial charge in [0.25, 0.3) is 0 Å². The zero-order valence-corrected chi connectivity index (χ0v) is 12.3. The third-order valence-electron chi connectivity index (χ3n) is 3.85. The number of H-pyrrole nitrogens is 1. The van der Waals surface area contributed by atoms with E-state index in [2.05, 4.69) is 15.3 Å². The maximum atomic E-state index is 12.0. The molecule has 1 aromatic heterocycles. The molecule has 3 rings (SSSR count). The Morgan fingerprint density at radius 1 is 1.33 bits per heavy atom. The number of anilines is 1. The largest absolute Gasteiger partial charge is 0.345 e. The number of amides is 1. The van der Waals surface area contributed by atoms with E-state index in [1.807, 2.05) is 18.2 Å². The second kappa shape index (κ2) is 5.48. The van der Waals surface area contributed by atoms with Gasteiger partial charge in [-0.2, -0.15) is 0 Å². The molecule has 1 aliphatic heterocycles. The Kier molecular flexibility index (Phi) is 3.67. The van der Waals surface area contributed by atoms with E-state index in [-0.39, 0.29) is 23.3 Å². The number of carbonyl (C=O) groups is 1. The number of imidazole rings is 1. The smallest absolute Gasteiger partial charge is 0.224 e. The lowest BCUT2D eigenvalue weighted by Gasteiger charge is -2.21. The van der Waals surface area contributed by atoms with Crippen molar-refractivity contribution in [3.63, 3.8) is 0 Å². The van der Waals surface area contributed by atoms with Gasteiger partial charge in [0.2, 0.25) is 5.91 Å². The van der Waals surface area contributed by atoms with Crippen molar-refractivity contribution in [2.75, 3.05) is 16.8 Å². The molecule has 0 spiro atoms. The van der Waals surface area contributed by atoms with E-state index < -0.39 is 9.84 Å². The van der Waals surface area contributed by atoms with Crippen molar-refractivity contribution in [1.29, 1.82) is 0 Å². The first-order valence-electron chi connectivity index (χ1n) is 6.95. The van der Waals surface area contributed by atoms with Gasteiger partial charge in [-0.3, -0.25) is 4.79 Å². The van der Waals surface area contributed by atoms with Gasteiger partial charge in [0, 0.05) is 12.1 Å². The standard InChI is InChI=1S/C14H17N3O3S/c18-14(7-10-3-5-21(19,20)6-4-10)17-11-1-2-12-13(8-11)16-9-15-12/h1-2,8-10H,3-7H2,(H,15,16)(H,17,18). The number of rotatable bonds is 3. The van der Waals surface area contributed by atoms with E-state index in [0.29, 0.717) is 19.3 Å². The molecular weight excluding hydrogens is 290 g/mol. The Morgan fingerprint density at radius 3 is 2.86 bits per heavy atom. The summed E-state index contributed by atoms with van der Waals surface area (Å²) in [5.74, 6) is 0.485. The molecule has 21 heavy (non-hydrogen) atoms. The highest BCUT2D eigenvalue weighted by molar-refractivity contribution is 7.91. The SMILES string of the molecule is O=C(CC1CCS(=O)(=O)CC1)Nc1ccc2nc[nH]c2c1. The van der Waals surface area contributed by atoms with Crippen molar-refractivity contribution in [2.24, 2.45) is 5.92 Å². The van der Waals surface area contributed by atoms with Crippen LogP contribution >= 0.6 is 0 Å². The van der Waals surface area contributed by atoms with Gasteiger partial charge in [-0.25, -0.2) is 13.4 Å². The monoisotopic (exact) mass is 307 g/mol. The summed E-state index contributed by atoms with van der Waals surface area (Å²) >= 11 is 0. The first-order valence-corrected chi connectivity index (χ1v) is 8.77. The molecule has 1 saturated heterocycles. The van der Waals surface area contributed by atoms with Gasteiger partial charge < -0.3 is 10.3 Å². The Morgan fingerprint density at radius 2 is 2.10 bits per heavy atom. The molecular formula is C14H17N3O3S. The van der Waals surface area contributed by atoms with Crippen LogP contribution in [0.1, 0.15) is 19.3 Å². The number of aromatic nitrogens is 2. The lowest BCUT2D eigenvalue weighted by atomic mass is 9.98. The third-order valence-corrected chi connectivity index (χ3v) is 5.57. The molecule has 0 bridgehead atoms. The van der Waals surface area contributed by atoms with Crippen LogP contribution in [0.2, 0.25) is 0 Å². The van der Waals surface area contributed by atoms with Gasteiger partial charge in [0.1, 0.15) is 9.84 Å². The van der Waals surface area contributed by atoms with Crippen LogP contribution in [0.15, 0.2) is 24.5 Å². The maximum Gasteiger partial charge on any atom is 0.224 e. The van der Waals surface area contributed by atoms with Crippen molar-refractivity contribution in [2.45, 2.75) is 19.3 Å². The first-order chi connectivity index (χ1) is 10.0. The fraction of sp³-hybridized carbons (Fsp3) is 0.429. The van der Waals surface area contributed by atoms with E-state index in [0.717, 1.165) is 16.7 Å². The van der Waals surface area contributed by atoms with Crippen molar-refractivity contribution >= 4 is 32.5 Å². The number of carbonyl (C=O) groups excluding carboxylic acids is 1. The second-order valence-electron chi connectivity index (χ2n) is 5.48. The molecule has 6 nitrogen and oxygen atoms in total. The van der Waals surface area contributed by atoms with E-state index in [1.54, 1.807) is 6.33 Å². The zero-order chi connectivity index (χ0) is 14.9. The van der Waals surface area contributed by atoms with Crippen LogP contribution < -0.4 is 5.32 Å². The van der Waals surface area contributed by atoms with Gasteiger partial charge in [0.05, 0.1) is 28.9 Å². The molecule has 1 aliphatic rings. The molecule has 0 radical (unpaired) electrons. The van der Waals surface area contributed by atoms with Gasteiger partial charge in [-0.1, -0.05) is 0 Å². The number of nitrogens with zero attached hydrogens (tertiary/aromatic N) is 1. The summed E-state index contributed by atoms with van der Waals surface area (Å²) in [5.41, 5.74) is 2.45. The summed E-state index contributed by atoms with van der Waals surface area (Å²) in [6.45, 7) is 0. The molecule has 7 heteroatoms. The van der Waals surface area contributed by atoms with Crippen molar-refractivity contribution in [3.8, 4) is 0 Å². The normalized spacial score (nSPS) is 18.7. The van der Waals surface area contributed by atoms with Crippen molar-refractivity contribution in [1.82, 2.24) is 9.97 Å². The van der Waals surface area contributed by atoms with E-state index in [1.165, 1.54) is 0 Å². The molecule has 2 heterocycles. The molecule has 0 unspecified atom stereocenters. The third kappa shape index (κ3) is 3.41. The average molecular weight is 307 g/mol. The second-order valence-corrected chi connectivity index (χ2v) is 7.79. The van der Waals surface area contributed by atoms with Crippen LogP contribution in [-0.2, 0) is 14.6 Å². The fourth-order valence-corrected chi connectivity index (χ4v) is 4.22. The number of hydrogen-bond acceptors (Lipinski definition) is 4. The minimum absolute atomic E-state index is 0.0711. The summed E-state index contributed by atoms with van der Waals surface area (Å²) in [6.07, 6.45) is 3.14. The van der Waals surface area contributed by atoms with Crippen LogP contribution in [0.5, 0.6) is 0 Å². The highest BCUT2D eigenvalue weighted by atomic mass is 32.2. The predicted molar refractivity (Wildman–Crippen MR) is 80.7 cm³/mol. The van der Waals surface area contributed by atoms with Crippen LogP contribution in [0.25, 0.3) is 11.0 Å². The van der Waals surface area contributed by atoms with Crippen LogP contribution in [0.4, 0.5) is 5.69 Å². The molecule has 2 aromatic rings. The molecule has 112 valence electrons. The predicted octanol–water partition coefficient (Wildman–Crippen LogP) is 1.72. The number of benzene rings is 1. The van der Waals surface area contributed by atoms with Crippen molar-refractivity contribution in [3.05, 3.63) is 24.5 Å². The summed E-state index contributed by atoms with van der Waals surface area (Å²) in [4.78, 5) is 19.1. The molecule has 2 N–H and O–H groups in total. The highest BCUT2D eigenvalue weighted by Crippen LogP contribution is 2.23.